The molecule has 0 aromatic carbocycles. The third-order valence-corrected chi connectivity index (χ3v) is 1.82. The molecule has 1 fully saturated rings. The lowest BCUT2D eigenvalue weighted by molar-refractivity contribution is -0.137. The van der Waals surface area contributed by atoms with E-state index in [1.165, 1.54) is 4.90 Å². The minimum absolute atomic E-state index is 0.180. The van der Waals surface area contributed by atoms with Gasteiger partial charge >= 0.3 is 12.1 Å². The number of hydrogen-bond donors (Lipinski definition) is 1. The number of cyclic esters (lactones) is 1. The van der Waals surface area contributed by atoms with Crippen molar-refractivity contribution in [2.24, 2.45) is 0 Å². The lowest BCUT2D eigenvalue weighted by atomic mass is 10.2. The molecule has 5 heteroatoms. The van der Waals surface area contributed by atoms with Gasteiger partial charge in [0.05, 0.1) is 6.04 Å². The molecule has 1 N–H and O–H groups in total. The van der Waals surface area contributed by atoms with E-state index in [-0.39, 0.29) is 19.2 Å². The Balaban J connectivity index is 2.59. The van der Waals surface area contributed by atoms with Gasteiger partial charge in [-0.05, 0) is 6.42 Å². The molecule has 0 aromatic rings. The monoisotopic (exact) mass is 185 g/mol. The van der Waals surface area contributed by atoms with Crippen LogP contribution in [0, 0.1) is 0 Å². The topological polar surface area (TPSA) is 66.8 Å². The van der Waals surface area contributed by atoms with Gasteiger partial charge in [-0.3, -0.25) is 9.69 Å². The lowest BCUT2D eigenvalue weighted by Crippen LogP contribution is -2.37. The second-order valence-corrected chi connectivity index (χ2v) is 2.78. The van der Waals surface area contributed by atoms with Gasteiger partial charge in [-0.2, -0.15) is 0 Å². The average molecular weight is 185 g/mol. The number of rotatable bonds is 4. The van der Waals surface area contributed by atoms with Crippen LogP contribution in [0.1, 0.15) is 6.42 Å². The summed E-state index contributed by atoms with van der Waals surface area (Å²) in [5.74, 6) is -1.03. The van der Waals surface area contributed by atoms with Gasteiger partial charge in [0.15, 0.2) is 0 Å². The molecule has 1 rings (SSSR count). The van der Waals surface area contributed by atoms with Crippen molar-refractivity contribution in [3.63, 3.8) is 0 Å². The van der Waals surface area contributed by atoms with Crippen LogP contribution in [0.2, 0.25) is 0 Å². The molecule has 1 aliphatic rings. The summed E-state index contributed by atoms with van der Waals surface area (Å²) in [6.07, 6.45) is 1.63. The molecule has 1 heterocycles. The molecule has 13 heavy (non-hydrogen) atoms. The van der Waals surface area contributed by atoms with Gasteiger partial charge in [-0.25, -0.2) is 4.79 Å². The summed E-state index contributed by atoms with van der Waals surface area (Å²) in [6.45, 7) is 3.46. The number of carboxylic acid groups (broad SMARTS) is 1. The van der Waals surface area contributed by atoms with E-state index in [9.17, 15) is 9.59 Å². The predicted molar refractivity (Wildman–Crippen MR) is 44.3 cm³/mol. The molecule has 0 bridgehead atoms. The number of amides is 1. The van der Waals surface area contributed by atoms with Crippen molar-refractivity contribution in [3.05, 3.63) is 12.7 Å². The Labute approximate surface area is 75.6 Å². The third kappa shape index (κ3) is 2.21. The standard InChI is InChI=1S/C8H11NO4/c1-2-3-6-5-13-8(12)9(6)4-7(10)11/h2,6H,1,3-5H2,(H,10,11)/t6-/m0/s1. The molecule has 0 spiro atoms. The zero-order valence-corrected chi connectivity index (χ0v) is 7.10. The summed E-state index contributed by atoms with van der Waals surface area (Å²) < 4.78 is 4.71. The summed E-state index contributed by atoms with van der Waals surface area (Å²) in [5, 5.41) is 8.50. The van der Waals surface area contributed by atoms with Crippen molar-refractivity contribution >= 4 is 12.1 Å². The Morgan fingerprint density at radius 3 is 3.08 bits per heavy atom. The first-order chi connectivity index (χ1) is 6.15. The SMILES string of the molecule is C=CC[C@H]1COC(=O)N1CC(=O)O. The highest BCUT2D eigenvalue weighted by atomic mass is 16.6. The first-order valence-corrected chi connectivity index (χ1v) is 3.91. The quantitative estimate of drug-likeness (QED) is 0.646. The second-order valence-electron chi connectivity index (χ2n) is 2.78. The van der Waals surface area contributed by atoms with E-state index in [0.29, 0.717) is 6.42 Å². The summed E-state index contributed by atoms with van der Waals surface area (Å²) in [6, 6.07) is -0.180. The van der Waals surface area contributed by atoms with Gasteiger partial charge in [0, 0.05) is 0 Å². The van der Waals surface area contributed by atoms with Crippen molar-refractivity contribution in [2.45, 2.75) is 12.5 Å². The lowest BCUT2D eigenvalue weighted by Gasteiger charge is -2.17. The molecule has 1 amide bonds. The number of hydrogen-bond acceptors (Lipinski definition) is 3. The number of aliphatic carboxylic acids is 1. The van der Waals surface area contributed by atoms with E-state index in [4.69, 9.17) is 9.84 Å². The predicted octanol–water partition coefficient (Wildman–Crippen LogP) is 0.468. The van der Waals surface area contributed by atoms with Crippen molar-refractivity contribution in [3.8, 4) is 0 Å². The molecule has 1 saturated heterocycles. The molecule has 1 aliphatic heterocycles. The Kier molecular flexibility index (Phi) is 2.89. The molecule has 0 aromatic heterocycles. The first-order valence-electron chi connectivity index (χ1n) is 3.91. The van der Waals surface area contributed by atoms with Crippen LogP contribution in [-0.2, 0) is 9.53 Å². The van der Waals surface area contributed by atoms with Gasteiger partial charge in [0.1, 0.15) is 13.2 Å². The van der Waals surface area contributed by atoms with Crippen LogP contribution in [0.3, 0.4) is 0 Å². The largest absolute Gasteiger partial charge is 0.480 e. The molecule has 5 nitrogen and oxygen atoms in total. The third-order valence-electron chi connectivity index (χ3n) is 1.82. The number of nitrogens with zero attached hydrogens (tertiary/aromatic N) is 1. The molecule has 0 radical (unpaired) electrons. The minimum Gasteiger partial charge on any atom is -0.480 e. The van der Waals surface area contributed by atoms with Crippen LogP contribution < -0.4 is 0 Å². The van der Waals surface area contributed by atoms with Crippen LogP contribution >= 0.6 is 0 Å². The Morgan fingerprint density at radius 1 is 1.85 bits per heavy atom. The molecule has 0 unspecified atom stereocenters. The van der Waals surface area contributed by atoms with Crippen LogP contribution in [0.15, 0.2) is 12.7 Å². The zero-order chi connectivity index (χ0) is 9.84. The van der Waals surface area contributed by atoms with E-state index in [1.807, 2.05) is 0 Å². The average Bonchev–Trinajstić information content (AvgIpc) is 2.36. The van der Waals surface area contributed by atoms with Gasteiger partial charge in [-0.1, -0.05) is 6.08 Å². The zero-order valence-electron chi connectivity index (χ0n) is 7.10. The molecule has 72 valence electrons. The van der Waals surface area contributed by atoms with E-state index in [2.05, 4.69) is 6.58 Å². The molecular formula is C8H11NO4. The Bertz CT molecular complexity index is 238. The smallest absolute Gasteiger partial charge is 0.410 e. The highest BCUT2D eigenvalue weighted by Crippen LogP contribution is 2.14. The minimum atomic E-state index is -1.03. The number of carboxylic acids is 1. The number of carbonyl (C=O) groups is 2. The molecule has 0 saturated carbocycles. The number of ether oxygens (including phenoxy) is 1. The van der Waals surface area contributed by atoms with Gasteiger partial charge in [0.2, 0.25) is 0 Å². The molecule has 0 aliphatic carbocycles. The van der Waals surface area contributed by atoms with Gasteiger partial charge in [0.25, 0.3) is 0 Å². The second kappa shape index (κ2) is 3.93. The maximum absolute atomic E-state index is 11.0. The normalized spacial score (nSPS) is 21.4. The van der Waals surface area contributed by atoms with Crippen molar-refractivity contribution in [1.82, 2.24) is 4.90 Å². The summed E-state index contributed by atoms with van der Waals surface area (Å²) in [5.41, 5.74) is 0. The number of carbonyl (C=O) groups excluding carboxylic acids is 1. The van der Waals surface area contributed by atoms with Gasteiger partial charge < -0.3 is 9.84 Å². The maximum atomic E-state index is 11.0. The van der Waals surface area contributed by atoms with Gasteiger partial charge in [-0.15, -0.1) is 6.58 Å². The van der Waals surface area contributed by atoms with Crippen molar-refractivity contribution < 1.29 is 19.4 Å². The highest BCUT2D eigenvalue weighted by molar-refractivity contribution is 5.78. The van der Waals surface area contributed by atoms with Crippen LogP contribution in [-0.4, -0.2) is 41.3 Å². The molecular weight excluding hydrogens is 174 g/mol. The summed E-state index contributed by atoms with van der Waals surface area (Å²) in [4.78, 5) is 22.6. The Morgan fingerprint density at radius 2 is 2.54 bits per heavy atom. The maximum Gasteiger partial charge on any atom is 0.410 e. The van der Waals surface area contributed by atoms with Crippen LogP contribution in [0.25, 0.3) is 0 Å². The summed E-state index contributed by atoms with van der Waals surface area (Å²) >= 11 is 0. The van der Waals surface area contributed by atoms with Crippen LogP contribution in [0.5, 0.6) is 0 Å². The fourth-order valence-electron chi connectivity index (χ4n) is 1.22. The van der Waals surface area contributed by atoms with Crippen molar-refractivity contribution in [1.29, 1.82) is 0 Å². The Hall–Kier alpha value is -1.52. The fourth-order valence-corrected chi connectivity index (χ4v) is 1.22. The highest BCUT2D eigenvalue weighted by Gasteiger charge is 2.33. The van der Waals surface area contributed by atoms with Crippen molar-refractivity contribution in [2.75, 3.05) is 13.2 Å². The first kappa shape index (κ1) is 9.57. The van der Waals surface area contributed by atoms with E-state index < -0.39 is 12.1 Å². The van der Waals surface area contributed by atoms with E-state index in [1.54, 1.807) is 6.08 Å². The fraction of sp³-hybridized carbons (Fsp3) is 0.500. The summed E-state index contributed by atoms with van der Waals surface area (Å²) in [7, 11) is 0. The van der Waals surface area contributed by atoms with E-state index in [0.717, 1.165) is 0 Å². The molecule has 1 atom stereocenters. The van der Waals surface area contributed by atoms with Crippen LogP contribution in [0.4, 0.5) is 4.79 Å². The van der Waals surface area contributed by atoms with E-state index >= 15 is 0 Å².